The van der Waals surface area contributed by atoms with Gasteiger partial charge >= 0.3 is 0 Å². The zero-order valence-electron chi connectivity index (χ0n) is 7.26. The maximum absolute atomic E-state index is 11.3. The van der Waals surface area contributed by atoms with Gasteiger partial charge in [0.05, 0.1) is 0 Å². The summed E-state index contributed by atoms with van der Waals surface area (Å²) in [5, 5.41) is 2.91. The van der Waals surface area contributed by atoms with Gasteiger partial charge in [0, 0.05) is 12.1 Å². The van der Waals surface area contributed by atoms with E-state index in [2.05, 4.69) is 18.3 Å². The van der Waals surface area contributed by atoms with E-state index in [1.165, 1.54) is 5.57 Å². The second-order valence-corrected chi connectivity index (χ2v) is 3.36. The minimum atomic E-state index is 0.114. The van der Waals surface area contributed by atoms with Crippen LogP contribution in [0.15, 0.2) is 23.3 Å². The Morgan fingerprint density at radius 2 is 2.50 bits per heavy atom. The van der Waals surface area contributed by atoms with Crippen LogP contribution in [-0.4, -0.2) is 12.5 Å². The summed E-state index contributed by atoms with van der Waals surface area (Å²) in [7, 11) is 0. The van der Waals surface area contributed by atoms with E-state index in [1.54, 1.807) is 0 Å². The van der Waals surface area contributed by atoms with Crippen LogP contribution in [0.3, 0.4) is 0 Å². The molecule has 0 aromatic rings. The van der Waals surface area contributed by atoms with E-state index >= 15 is 0 Å². The van der Waals surface area contributed by atoms with Gasteiger partial charge in [-0.3, -0.25) is 4.79 Å². The third kappa shape index (κ3) is 0.986. The van der Waals surface area contributed by atoms with Crippen LogP contribution in [0.4, 0.5) is 0 Å². The Labute approximate surface area is 72.3 Å². The van der Waals surface area contributed by atoms with Crippen LogP contribution in [0.2, 0.25) is 0 Å². The van der Waals surface area contributed by atoms with Crippen molar-refractivity contribution in [1.29, 1.82) is 0 Å². The number of hydrogen-bond acceptors (Lipinski definition) is 1. The van der Waals surface area contributed by atoms with Crippen LogP contribution in [0, 0.1) is 5.92 Å². The highest BCUT2D eigenvalue weighted by atomic mass is 16.1. The molecule has 1 amide bonds. The maximum atomic E-state index is 11.3. The molecule has 2 aliphatic rings. The van der Waals surface area contributed by atoms with Gasteiger partial charge < -0.3 is 5.32 Å². The van der Waals surface area contributed by atoms with Gasteiger partial charge in [-0.05, 0) is 24.3 Å². The molecule has 0 saturated carbocycles. The van der Waals surface area contributed by atoms with E-state index in [0.717, 1.165) is 25.0 Å². The summed E-state index contributed by atoms with van der Waals surface area (Å²) in [6, 6.07) is 0. The molecular weight excluding hydrogens is 150 g/mol. The minimum Gasteiger partial charge on any atom is -0.351 e. The molecule has 1 heterocycles. The van der Waals surface area contributed by atoms with Crippen LogP contribution >= 0.6 is 0 Å². The number of rotatable bonds is 1. The predicted molar refractivity (Wildman–Crippen MR) is 47.6 cm³/mol. The monoisotopic (exact) mass is 163 g/mol. The highest BCUT2D eigenvalue weighted by Crippen LogP contribution is 2.30. The molecule has 1 atom stereocenters. The molecule has 0 fully saturated rings. The van der Waals surface area contributed by atoms with Crippen LogP contribution in [-0.2, 0) is 4.79 Å². The molecule has 1 aliphatic heterocycles. The molecule has 1 unspecified atom stereocenters. The van der Waals surface area contributed by atoms with Gasteiger partial charge in [0.15, 0.2) is 0 Å². The Morgan fingerprint density at radius 3 is 3.25 bits per heavy atom. The molecule has 0 spiro atoms. The van der Waals surface area contributed by atoms with Crippen molar-refractivity contribution >= 4 is 5.91 Å². The Bertz CT molecular complexity index is 276. The number of nitrogens with one attached hydrogen (secondary N) is 1. The summed E-state index contributed by atoms with van der Waals surface area (Å²) in [5.41, 5.74) is 2.27. The maximum Gasteiger partial charge on any atom is 0.251 e. The first kappa shape index (κ1) is 7.59. The smallest absolute Gasteiger partial charge is 0.251 e. The first-order valence-corrected chi connectivity index (χ1v) is 4.50. The first-order valence-electron chi connectivity index (χ1n) is 4.50. The second-order valence-electron chi connectivity index (χ2n) is 3.36. The lowest BCUT2D eigenvalue weighted by Crippen LogP contribution is -2.35. The van der Waals surface area contributed by atoms with E-state index < -0.39 is 0 Å². The van der Waals surface area contributed by atoms with E-state index in [9.17, 15) is 4.79 Å². The molecule has 0 saturated heterocycles. The molecule has 0 aromatic carbocycles. The summed E-state index contributed by atoms with van der Waals surface area (Å²) in [6.07, 6.45) is 6.15. The summed E-state index contributed by atoms with van der Waals surface area (Å²) >= 11 is 0. The molecule has 0 radical (unpaired) electrons. The van der Waals surface area contributed by atoms with Gasteiger partial charge in [0.2, 0.25) is 0 Å². The Kier molecular flexibility index (Phi) is 1.75. The van der Waals surface area contributed by atoms with E-state index in [-0.39, 0.29) is 5.91 Å². The molecule has 0 aromatic heterocycles. The summed E-state index contributed by atoms with van der Waals surface area (Å²) in [5.74, 6) is 0.691. The van der Waals surface area contributed by atoms with Crippen molar-refractivity contribution in [3.8, 4) is 0 Å². The Balaban J connectivity index is 2.33. The van der Waals surface area contributed by atoms with Crippen molar-refractivity contribution < 1.29 is 4.79 Å². The van der Waals surface area contributed by atoms with E-state index in [0.29, 0.717) is 5.92 Å². The van der Waals surface area contributed by atoms with Crippen LogP contribution in [0.1, 0.15) is 19.8 Å². The van der Waals surface area contributed by atoms with Gasteiger partial charge in [-0.15, -0.1) is 0 Å². The molecule has 64 valence electrons. The number of amides is 1. The number of hydrogen-bond donors (Lipinski definition) is 1. The minimum absolute atomic E-state index is 0.114. The van der Waals surface area contributed by atoms with E-state index in [4.69, 9.17) is 0 Å². The molecule has 1 N–H and O–H groups in total. The van der Waals surface area contributed by atoms with Crippen molar-refractivity contribution in [2.75, 3.05) is 6.54 Å². The summed E-state index contributed by atoms with van der Waals surface area (Å²) in [6.45, 7) is 3.00. The largest absolute Gasteiger partial charge is 0.351 e. The molecule has 1 aliphatic carbocycles. The van der Waals surface area contributed by atoms with Gasteiger partial charge in [-0.1, -0.05) is 19.1 Å². The SMILES string of the molecule is CCC1CNC(=O)C2=C1CC=C2. The van der Waals surface area contributed by atoms with Crippen molar-refractivity contribution in [3.05, 3.63) is 23.3 Å². The molecule has 2 nitrogen and oxygen atoms in total. The average molecular weight is 163 g/mol. The van der Waals surface area contributed by atoms with Crippen LogP contribution in [0.5, 0.6) is 0 Å². The van der Waals surface area contributed by atoms with E-state index in [1.807, 2.05) is 6.08 Å². The third-order valence-corrected chi connectivity index (χ3v) is 2.71. The first-order chi connectivity index (χ1) is 5.83. The molecule has 0 bridgehead atoms. The van der Waals surface area contributed by atoms with Crippen molar-refractivity contribution in [1.82, 2.24) is 5.32 Å². The van der Waals surface area contributed by atoms with Gasteiger partial charge in [0.25, 0.3) is 5.91 Å². The normalized spacial score (nSPS) is 27.4. The third-order valence-electron chi connectivity index (χ3n) is 2.71. The fraction of sp³-hybridized carbons (Fsp3) is 0.500. The topological polar surface area (TPSA) is 29.1 Å². The fourth-order valence-corrected chi connectivity index (χ4v) is 1.95. The highest BCUT2D eigenvalue weighted by molar-refractivity contribution is 5.98. The zero-order valence-corrected chi connectivity index (χ0v) is 7.26. The standard InChI is InChI=1S/C10H13NO/c1-2-7-6-11-10(12)9-5-3-4-8(7)9/h3,5,7H,2,4,6H2,1H3,(H,11,12). The predicted octanol–water partition coefficient (Wildman–Crippen LogP) is 1.40. The van der Waals surface area contributed by atoms with Crippen LogP contribution < -0.4 is 5.32 Å². The molecular formula is C10H13NO. The van der Waals surface area contributed by atoms with Crippen molar-refractivity contribution in [2.45, 2.75) is 19.8 Å². The highest BCUT2D eigenvalue weighted by Gasteiger charge is 2.26. The Morgan fingerprint density at radius 1 is 1.67 bits per heavy atom. The van der Waals surface area contributed by atoms with Gasteiger partial charge in [0.1, 0.15) is 0 Å². The Hall–Kier alpha value is -1.05. The zero-order chi connectivity index (χ0) is 8.55. The lowest BCUT2D eigenvalue weighted by Gasteiger charge is -2.23. The number of carbonyl (C=O) groups excluding carboxylic acids is 1. The van der Waals surface area contributed by atoms with Gasteiger partial charge in [-0.2, -0.15) is 0 Å². The lowest BCUT2D eigenvalue weighted by molar-refractivity contribution is -0.117. The van der Waals surface area contributed by atoms with Gasteiger partial charge in [-0.25, -0.2) is 0 Å². The average Bonchev–Trinajstić information content (AvgIpc) is 2.54. The molecule has 2 rings (SSSR count). The summed E-state index contributed by atoms with van der Waals surface area (Å²) < 4.78 is 0. The number of allylic oxidation sites excluding steroid dienone is 1. The van der Waals surface area contributed by atoms with Crippen molar-refractivity contribution in [2.24, 2.45) is 5.92 Å². The quantitative estimate of drug-likeness (QED) is 0.622. The molecule has 2 heteroatoms. The van der Waals surface area contributed by atoms with Crippen molar-refractivity contribution in [3.63, 3.8) is 0 Å². The van der Waals surface area contributed by atoms with Crippen LogP contribution in [0.25, 0.3) is 0 Å². The summed E-state index contributed by atoms with van der Waals surface area (Å²) in [4.78, 5) is 11.3. The number of carbonyl (C=O) groups is 1. The molecule has 12 heavy (non-hydrogen) atoms. The fourth-order valence-electron chi connectivity index (χ4n) is 1.95. The lowest BCUT2D eigenvalue weighted by atomic mass is 9.89. The second kappa shape index (κ2) is 2.77.